The molecule has 2 aromatic carbocycles. The van der Waals surface area contributed by atoms with Gasteiger partial charge in [0.2, 0.25) is 0 Å². The molecule has 0 aliphatic rings. The second-order valence-electron chi connectivity index (χ2n) is 6.13. The molecule has 1 atom stereocenters. The highest BCUT2D eigenvalue weighted by molar-refractivity contribution is 7.90. The van der Waals surface area contributed by atoms with Crippen LogP contribution in [0.3, 0.4) is 0 Å². The van der Waals surface area contributed by atoms with E-state index in [4.69, 9.17) is 0 Å². The number of carbonyl (C=O) groups is 1. The van der Waals surface area contributed by atoms with Crippen LogP contribution >= 0.6 is 11.3 Å². The highest BCUT2D eigenvalue weighted by Gasteiger charge is 2.19. The normalized spacial score (nSPS) is 12.5. The smallest absolute Gasteiger partial charge is 0.252 e. The first-order valence-corrected chi connectivity index (χ1v) is 10.8. The summed E-state index contributed by atoms with van der Waals surface area (Å²) in [4.78, 5) is 13.9. The lowest BCUT2D eigenvalue weighted by atomic mass is 10.0. The summed E-state index contributed by atoms with van der Waals surface area (Å²) in [6.45, 7) is 2.02. The fourth-order valence-corrected chi connectivity index (χ4v) is 4.03. The van der Waals surface area contributed by atoms with Gasteiger partial charge in [-0.05, 0) is 48.2 Å². The van der Waals surface area contributed by atoms with Crippen LogP contribution in [0.4, 0.5) is 0 Å². The van der Waals surface area contributed by atoms with Crippen molar-refractivity contribution in [2.24, 2.45) is 0 Å². The maximum Gasteiger partial charge on any atom is 0.252 e. The third kappa shape index (κ3) is 4.20. The van der Waals surface area contributed by atoms with E-state index in [1.807, 2.05) is 48.7 Å². The van der Waals surface area contributed by atoms with Crippen molar-refractivity contribution in [1.82, 2.24) is 5.32 Å². The molecule has 26 heavy (non-hydrogen) atoms. The minimum atomic E-state index is -3.28. The van der Waals surface area contributed by atoms with E-state index in [1.165, 1.54) is 24.3 Å². The first-order chi connectivity index (χ1) is 12.3. The Morgan fingerprint density at radius 3 is 2.19 bits per heavy atom. The predicted octanol–water partition coefficient (Wildman–Crippen LogP) is 3.98. The topological polar surface area (TPSA) is 63.2 Å². The molecule has 0 aliphatic heterocycles. The van der Waals surface area contributed by atoms with Gasteiger partial charge in [-0.2, -0.15) is 0 Å². The van der Waals surface area contributed by atoms with Crippen LogP contribution in [-0.4, -0.2) is 20.6 Å². The van der Waals surface area contributed by atoms with Crippen molar-refractivity contribution in [3.8, 4) is 0 Å². The van der Waals surface area contributed by atoms with E-state index >= 15 is 0 Å². The molecular weight excluding hydrogens is 366 g/mol. The first-order valence-electron chi connectivity index (χ1n) is 8.05. The van der Waals surface area contributed by atoms with E-state index < -0.39 is 9.84 Å². The number of hydrogen-bond acceptors (Lipinski definition) is 4. The third-order valence-electron chi connectivity index (χ3n) is 4.06. The Labute approximate surface area is 157 Å². The van der Waals surface area contributed by atoms with E-state index in [2.05, 4.69) is 5.32 Å². The Hall–Kier alpha value is -2.44. The summed E-state index contributed by atoms with van der Waals surface area (Å²) in [7, 11) is -3.28. The van der Waals surface area contributed by atoms with Crippen LogP contribution in [0, 0.1) is 6.92 Å². The van der Waals surface area contributed by atoms with Crippen LogP contribution in [0.15, 0.2) is 70.9 Å². The molecule has 1 heterocycles. The molecule has 134 valence electrons. The first kappa shape index (κ1) is 18.4. The van der Waals surface area contributed by atoms with Gasteiger partial charge in [-0.3, -0.25) is 4.79 Å². The van der Waals surface area contributed by atoms with Gasteiger partial charge in [0.25, 0.3) is 5.91 Å². The molecule has 6 heteroatoms. The molecule has 3 aromatic rings. The summed E-state index contributed by atoms with van der Waals surface area (Å²) in [6.07, 6.45) is 1.15. The SMILES string of the molecule is Cc1ccc([C@H](NC(=O)c2ccc(S(C)(=O)=O)cc2)c2cccs2)cc1. The van der Waals surface area contributed by atoms with Crippen LogP contribution in [-0.2, 0) is 9.84 Å². The quantitative estimate of drug-likeness (QED) is 0.723. The zero-order valence-electron chi connectivity index (χ0n) is 14.5. The average Bonchev–Trinajstić information content (AvgIpc) is 3.14. The minimum absolute atomic E-state index is 0.197. The molecule has 1 N–H and O–H groups in total. The van der Waals surface area contributed by atoms with Crippen molar-refractivity contribution in [2.75, 3.05) is 6.26 Å². The lowest BCUT2D eigenvalue weighted by molar-refractivity contribution is 0.0943. The molecule has 0 saturated heterocycles. The highest BCUT2D eigenvalue weighted by Crippen LogP contribution is 2.27. The predicted molar refractivity (Wildman–Crippen MR) is 104 cm³/mol. The van der Waals surface area contributed by atoms with Gasteiger partial charge >= 0.3 is 0 Å². The van der Waals surface area contributed by atoms with Crippen molar-refractivity contribution < 1.29 is 13.2 Å². The lowest BCUT2D eigenvalue weighted by Crippen LogP contribution is -2.28. The van der Waals surface area contributed by atoms with Crippen molar-refractivity contribution in [1.29, 1.82) is 0 Å². The molecule has 0 unspecified atom stereocenters. The second kappa shape index (κ2) is 7.43. The van der Waals surface area contributed by atoms with Gasteiger partial charge in [0, 0.05) is 16.7 Å². The molecule has 0 radical (unpaired) electrons. The zero-order valence-corrected chi connectivity index (χ0v) is 16.1. The Kier molecular flexibility index (Phi) is 5.25. The van der Waals surface area contributed by atoms with Gasteiger partial charge < -0.3 is 5.32 Å². The summed E-state index contributed by atoms with van der Waals surface area (Å²) in [5, 5.41) is 5.03. The van der Waals surface area contributed by atoms with Crippen LogP contribution in [0.25, 0.3) is 0 Å². The number of thiophene rings is 1. The van der Waals surface area contributed by atoms with Gasteiger partial charge in [0.15, 0.2) is 9.84 Å². The van der Waals surface area contributed by atoms with E-state index in [9.17, 15) is 13.2 Å². The molecule has 0 fully saturated rings. The number of carbonyl (C=O) groups excluding carboxylic acids is 1. The van der Waals surface area contributed by atoms with Crippen molar-refractivity contribution in [3.05, 3.63) is 87.6 Å². The maximum atomic E-state index is 12.7. The van der Waals surface area contributed by atoms with Crippen molar-refractivity contribution in [2.45, 2.75) is 17.9 Å². The van der Waals surface area contributed by atoms with Gasteiger partial charge in [0.1, 0.15) is 0 Å². The summed E-state index contributed by atoms with van der Waals surface area (Å²) in [6, 6.07) is 17.7. The second-order valence-corrected chi connectivity index (χ2v) is 9.12. The monoisotopic (exact) mass is 385 g/mol. The van der Waals surface area contributed by atoms with E-state index in [1.54, 1.807) is 11.3 Å². The zero-order chi connectivity index (χ0) is 18.7. The van der Waals surface area contributed by atoms with Crippen LogP contribution in [0.2, 0.25) is 0 Å². The highest BCUT2D eigenvalue weighted by atomic mass is 32.2. The van der Waals surface area contributed by atoms with E-state index in [0.717, 1.165) is 22.3 Å². The Balaban J connectivity index is 1.87. The number of aryl methyl sites for hydroxylation is 1. The Morgan fingerprint density at radius 2 is 1.65 bits per heavy atom. The summed E-state index contributed by atoms with van der Waals surface area (Å²) in [5.41, 5.74) is 2.58. The number of rotatable bonds is 5. The third-order valence-corrected chi connectivity index (χ3v) is 6.12. The van der Waals surface area contributed by atoms with E-state index in [0.29, 0.717) is 5.56 Å². The maximum absolute atomic E-state index is 12.7. The molecule has 1 amide bonds. The van der Waals surface area contributed by atoms with Gasteiger partial charge in [0.05, 0.1) is 10.9 Å². The summed E-state index contributed by atoms with van der Waals surface area (Å²) < 4.78 is 23.1. The van der Waals surface area contributed by atoms with Crippen LogP contribution in [0.5, 0.6) is 0 Å². The van der Waals surface area contributed by atoms with Crippen LogP contribution in [0.1, 0.15) is 32.4 Å². The Morgan fingerprint density at radius 1 is 1.00 bits per heavy atom. The molecule has 4 nitrogen and oxygen atoms in total. The molecule has 0 bridgehead atoms. The minimum Gasteiger partial charge on any atom is -0.340 e. The number of amides is 1. The average molecular weight is 386 g/mol. The lowest BCUT2D eigenvalue weighted by Gasteiger charge is -2.18. The molecule has 3 rings (SSSR count). The fraction of sp³-hybridized carbons (Fsp3) is 0.150. The van der Waals surface area contributed by atoms with Gasteiger partial charge in [-0.15, -0.1) is 11.3 Å². The van der Waals surface area contributed by atoms with Crippen molar-refractivity contribution >= 4 is 27.1 Å². The molecule has 0 spiro atoms. The van der Waals surface area contributed by atoms with E-state index in [-0.39, 0.29) is 16.8 Å². The fourth-order valence-electron chi connectivity index (χ4n) is 2.60. The van der Waals surface area contributed by atoms with Gasteiger partial charge in [-0.1, -0.05) is 35.9 Å². The number of benzene rings is 2. The summed E-state index contributed by atoms with van der Waals surface area (Å²) in [5.74, 6) is -0.246. The molecule has 0 saturated carbocycles. The number of hydrogen-bond donors (Lipinski definition) is 1. The number of sulfone groups is 1. The largest absolute Gasteiger partial charge is 0.340 e. The molecule has 1 aromatic heterocycles. The Bertz CT molecular complexity index is 990. The van der Waals surface area contributed by atoms with Crippen molar-refractivity contribution in [3.63, 3.8) is 0 Å². The standard InChI is InChI=1S/C20H19NO3S2/c1-14-5-7-15(8-6-14)19(18-4-3-13-25-18)21-20(22)16-9-11-17(12-10-16)26(2,23)24/h3-13,19H,1-2H3,(H,21,22)/t19-/m0/s1. The van der Waals surface area contributed by atoms with Crippen LogP contribution < -0.4 is 5.32 Å². The van der Waals surface area contributed by atoms with Gasteiger partial charge in [-0.25, -0.2) is 8.42 Å². The molecule has 0 aliphatic carbocycles. The molecular formula is C20H19NO3S2. The number of nitrogens with one attached hydrogen (secondary N) is 1. The summed E-state index contributed by atoms with van der Waals surface area (Å²) >= 11 is 1.58.